The third kappa shape index (κ3) is 4.28. The first-order valence-electron chi connectivity index (χ1n) is 6.49. The van der Waals surface area contributed by atoms with Crippen LogP contribution in [0, 0.1) is 0 Å². The maximum atomic E-state index is 12.3. The molecule has 0 bridgehead atoms. The molecule has 0 aliphatic carbocycles. The molecule has 2 N–H and O–H groups in total. The number of benzene rings is 2. The van der Waals surface area contributed by atoms with E-state index in [4.69, 9.17) is 11.6 Å². The van der Waals surface area contributed by atoms with Gasteiger partial charge in [0.2, 0.25) is 10.0 Å². The van der Waals surface area contributed by atoms with Crippen LogP contribution in [-0.2, 0) is 23.1 Å². The summed E-state index contributed by atoms with van der Waals surface area (Å²) in [5, 5.41) is 3.51. The molecule has 0 amide bonds. The van der Waals surface area contributed by atoms with Crippen LogP contribution in [0.5, 0.6) is 0 Å². The molecule has 2 aromatic rings. The molecule has 0 unspecified atom stereocenters. The van der Waals surface area contributed by atoms with Crippen molar-refractivity contribution in [3.8, 4) is 0 Å². The fraction of sp³-hybridized carbons (Fsp3) is 0.200. The summed E-state index contributed by atoms with van der Waals surface area (Å²) >= 11 is 6.04. The lowest BCUT2D eigenvalue weighted by Gasteiger charge is -2.10. The highest BCUT2D eigenvalue weighted by molar-refractivity contribution is 7.89. The molecule has 0 saturated carbocycles. The molecule has 0 aliphatic rings. The Morgan fingerprint density at radius 2 is 1.76 bits per heavy atom. The molecular weight excluding hydrogens is 308 g/mol. The maximum absolute atomic E-state index is 12.3. The number of halogens is 1. The van der Waals surface area contributed by atoms with Crippen LogP contribution < -0.4 is 10.0 Å². The first-order chi connectivity index (χ1) is 10.0. The molecule has 0 fully saturated rings. The van der Waals surface area contributed by atoms with Crippen molar-refractivity contribution in [2.75, 3.05) is 7.05 Å². The average Bonchev–Trinajstić information content (AvgIpc) is 2.49. The fourth-order valence-electron chi connectivity index (χ4n) is 1.90. The Morgan fingerprint density at radius 3 is 2.43 bits per heavy atom. The van der Waals surface area contributed by atoms with Gasteiger partial charge in [0.25, 0.3) is 0 Å². The molecule has 112 valence electrons. The minimum Gasteiger partial charge on any atom is -0.316 e. The molecule has 4 nitrogen and oxygen atoms in total. The summed E-state index contributed by atoms with van der Waals surface area (Å²) < 4.78 is 27.2. The molecule has 21 heavy (non-hydrogen) atoms. The Kier molecular flexibility index (Phi) is 5.36. The smallest absolute Gasteiger partial charge is 0.240 e. The number of nitrogens with one attached hydrogen (secondary N) is 2. The van der Waals surface area contributed by atoms with Crippen LogP contribution in [0.3, 0.4) is 0 Å². The highest BCUT2D eigenvalue weighted by Crippen LogP contribution is 2.20. The van der Waals surface area contributed by atoms with Crippen LogP contribution in [-0.4, -0.2) is 15.5 Å². The van der Waals surface area contributed by atoms with E-state index in [2.05, 4.69) is 10.0 Å². The number of hydrogen-bond donors (Lipinski definition) is 2. The number of hydrogen-bond acceptors (Lipinski definition) is 3. The van der Waals surface area contributed by atoms with Gasteiger partial charge < -0.3 is 5.32 Å². The first-order valence-corrected chi connectivity index (χ1v) is 8.35. The second kappa shape index (κ2) is 7.04. The van der Waals surface area contributed by atoms with E-state index >= 15 is 0 Å². The van der Waals surface area contributed by atoms with E-state index in [-0.39, 0.29) is 11.4 Å². The quantitative estimate of drug-likeness (QED) is 0.858. The Bertz CT molecular complexity index is 703. The van der Waals surface area contributed by atoms with Gasteiger partial charge in [0.1, 0.15) is 0 Å². The summed E-state index contributed by atoms with van der Waals surface area (Å²) in [6, 6.07) is 14.1. The van der Waals surface area contributed by atoms with Crippen molar-refractivity contribution < 1.29 is 8.42 Å². The predicted octanol–water partition coefficient (Wildman–Crippen LogP) is 2.54. The molecule has 0 aromatic heterocycles. The zero-order chi connectivity index (χ0) is 15.3. The molecule has 0 saturated heterocycles. The molecule has 2 aromatic carbocycles. The lowest BCUT2D eigenvalue weighted by atomic mass is 10.2. The van der Waals surface area contributed by atoms with Crippen molar-refractivity contribution in [3.63, 3.8) is 0 Å². The van der Waals surface area contributed by atoms with E-state index in [0.29, 0.717) is 11.6 Å². The van der Waals surface area contributed by atoms with Gasteiger partial charge in [0.15, 0.2) is 0 Å². The fourth-order valence-corrected chi connectivity index (χ4v) is 3.15. The third-order valence-corrected chi connectivity index (χ3v) is 4.77. The third-order valence-electron chi connectivity index (χ3n) is 3.00. The second-order valence-electron chi connectivity index (χ2n) is 4.59. The van der Waals surface area contributed by atoms with E-state index in [1.807, 2.05) is 30.3 Å². The van der Waals surface area contributed by atoms with Crippen molar-refractivity contribution in [3.05, 3.63) is 64.7 Å². The summed E-state index contributed by atoms with van der Waals surface area (Å²) in [4.78, 5) is 0.216. The van der Waals surface area contributed by atoms with Crippen LogP contribution in [0.1, 0.15) is 11.1 Å². The topological polar surface area (TPSA) is 58.2 Å². The molecule has 0 radical (unpaired) electrons. The van der Waals surface area contributed by atoms with Gasteiger partial charge in [0.05, 0.1) is 4.90 Å². The standard InChI is InChI=1S/C15H17ClN2O2S/c1-17-11-13-9-14(7-8-15(13)16)21(19,20)18-10-12-5-3-2-4-6-12/h2-9,17-18H,10-11H2,1H3. The highest BCUT2D eigenvalue weighted by atomic mass is 35.5. The molecule has 2 rings (SSSR count). The highest BCUT2D eigenvalue weighted by Gasteiger charge is 2.15. The number of rotatable bonds is 6. The second-order valence-corrected chi connectivity index (χ2v) is 6.77. The lowest BCUT2D eigenvalue weighted by Crippen LogP contribution is -2.23. The molecular formula is C15H17ClN2O2S. The average molecular weight is 325 g/mol. The molecule has 0 heterocycles. The van der Waals surface area contributed by atoms with E-state index in [0.717, 1.165) is 11.1 Å². The van der Waals surface area contributed by atoms with E-state index in [9.17, 15) is 8.42 Å². The summed E-state index contributed by atoms with van der Waals surface area (Å²) in [6.07, 6.45) is 0. The van der Waals surface area contributed by atoms with Crippen molar-refractivity contribution in [2.24, 2.45) is 0 Å². The summed E-state index contributed by atoms with van der Waals surface area (Å²) in [5.41, 5.74) is 1.66. The molecule has 0 spiro atoms. The van der Waals surface area contributed by atoms with E-state index in [1.165, 1.54) is 6.07 Å². The van der Waals surface area contributed by atoms with Gasteiger partial charge in [-0.25, -0.2) is 13.1 Å². The summed E-state index contributed by atoms with van der Waals surface area (Å²) in [7, 11) is -1.77. The van der Waals surface area contributed by atoms with E-state index in [1.54, 1.807) is 19.2 Å². The molecule has 0 aliphatic heterocycles. The summed E-state index contributed by atoms with van der Waals surface area (Å²) in [6.45, 7) is 0.772. The van der Waals surface area contributed by atoms with Gasteiger partial charge in [0, 0.05) is 18.1 Å². The Hall–Kier alpha value is -1.40. The molecule has 6 heteroatoms. The van der Waals surface area contributed by atoms with Gasteiger partial charge in [-0.05, 0) is 36.4 Å². The maximum Gasteiger partial charge on any atom is 0.240 e. The zero-order valence-corrected chi connectivity index (χ0v) is 13.2. The zero-order valence-electron chi connectivity index (χ0n) is 11.6. The van der Waals surface area contributed by atoms with Crippen molar-refractivity contribution >= 4 is 21.6 Å². The van der Waals surface area contributed by atoms with E-state index < -0.39 is 10.0 Å². The molecule has 0 atom stereocenters. The van der Waals surface area contributed by atoms with Crippen molar-refractivity contribution in [2.45, 2.75) is 18.0 Å². The van der Waals surface area contributed by atoms with Gasteiger partial charge in [-0.2, -0.15) is 0 Å². The first kappa shape index (κ1) is 16.0. The van der Waals surface area contributed by atoms with Gasteiger partial charge in [-0.1, -0.05) is 41.9 Å². The normalized spacial score (nSPS) is 11.5. The predicted molar refractivity (Wildman–Crippen MR) is 84.7 cm³/mol. The Morgan fingerprint density at radius 1 is 1.05 bits per heavy atom. The SMILES string of the molecule is CNCc1cc(S(=O)(=O)NCc2ccccc2)ccc1Cl. The largest absolute Gasteiger partial charge is 0.316 e. The van der Waals surface area contributed by atoms with Crippen LogP contribution in [0.2, 0.25) is 5.02 Å². The van der Waals surface area contributed by atoms with Crippen LogP contribution >= 0.6 is 11.6 Å². The summed E-state index contributed by atoms with van der Waals surface area (Å²) in [5.74, 6) is 0. The van der Waals surface area contributed by atoms with Crippen molar-refractivity contribution in [1.29, 1.82) is 0 Å². The van der Waals surface area contributed by atoms with Gasteiger partial charge in [-0.15, -0.1) is 0 Å². The Balaban J connectivity index is 2.17. The Labute approximate surface area is 130 Å². The van der Waals surface area contributed by atoms with Crippen LogP contribution in [0.25, 0.3) is 0 Å². The van der Waals surface area contributed by atoms with Gasteiger partial charge >= 0.3 is 0 Å². The monoisotopic (exact) mass is 324 g/mol. The van der Waals surface area contributed by atoms with Crippen molar-refractivity contribution in [1.82, 2.24) is 10.0 Å². The minimum atomic E-state index is -3.55. The minimum absolute atomic E-state index is 0.216. The van der Waals surface area contributed by atoms with Crippen LogP contribution in [0.4, 0.5) is 0 Å². The number of sulfonamides is 1. The lowest BCUT2D eigenvalue weighted by molar-refractivity contribution is 0.581. The van der Waals surface area contributed by atoms with Crippen LogP contribution in [0.15, 0.2) is 53.4 Å². The van der Waals surface area contributed by atoms with Gasteiger partial charge in [-0.3, -0.25) is 0 Å².